The van der Waals surface area contributed by atoms with Crippen LogP contribution in [0.2, 0.25) is 0 Å². The number of nitrogens with one attached hydrogen (secondary N) is 1. The summed E-state index contributed by atoms with van der Waals surface area (Å²) in [5.74, 6) is -0.0354. The predicted molar refractivity (Wildman–Crippen MR) is 77.5 cm³/mol. The molecule has 6 nitrogen and oxygen atoms in total. The fourth-order valence-corrected chi connectivity index (χ4v) is 3.29. The van der Waals surface area contributed by atoms with E-state index in [0.717, 1.165) is 31.6 Å². The number of nitrogens with zero attached hydrogens (tertiary/aromatic N) is 3. The zero-order chi connectivity index (χ0) is 14.1. The number of hydrogen-bond acceptors (Lipinski definition) is 4. The van der Waals surface area contributed by atoms with Crippen molar-refractivity contribution >= 4 is 11.6 Å². The molecule has 2 saturated heterocycles. The molecule has 3 rings (SSSR count). The van der Waals surface area contributed by atoms with Crippen LogP contribution in [0.3, 0.4) is 0 Å². The summed E-state index contributed by atoms with van der Waals surface area (Å²) in [6, 6.07) is 0.653. The number of rotatable bonds is 2. The first-order valence-corrected chi connectivity index (χ1v) is 7.50. The molecule has 0 atom stereocenters. The lowest BCUT2D eigenvalue weighted by Crippen LogP contribution is -2.46. The number of H-pyrrole nitrogens is 1. The maximum Gasteiger partial charge on any atom is 0.276 e. The van der Waals surface area contributed by atoms with Crippen LogP contribution in [-0.4, -0.2) is 58.1 Å². The average Bonchev–Trinajstić information content (AvgIpc) is 3.10. The van der Waals surface area contributed by atoms with Gasteiger partial charge in [-0.25, -0.2) is 0 Å². The smallest absolute Gasteiger partial charge is 0.276 e. The van der Waals surface area contributed by atoms with Crippen molar-refractivity contribution in [3.8, 4) is 0 Å². The van der Waals surface area contributed by atoms with Crippen LogP contribution in [0.1, 0.15) is 41.9 Å². The summed E-state index contributed by atoms with van der Waals surface area (Å²) >= 11 is 0. The third kappa shape index (κ3) is 2.40. The molecular formula is C14H23N5O. The van der Waals surface area contributed by atoms with Crippen LogP contribution in [0.15, 0.2) is 0 Å². The molecule has 0 unspecified atom stereocenters. The van der Waals surface area contributed by atoms with Crippen LogP contribution in [0, 0.1) is 6.92 Å². The number of amides is 1. The molecule has 1 aromatic rings. The Labute approximate surface area is 119 Å². The molecule has 0 bridgehead atoms. The van der Waals surface area contributed by atoms with Gasteiger partial charge < -0.3 is 15.5 Å². The van der Waals surface area contributed by atoms with Crippen LogP contribution in [0.5, 0.6) is 0 Å². The molecule has 1 aromatic heterocycles. The average molecular weight is 277 g/mol. The number of likely N-dealkylation sites (tertiary alicyclic amines) is 2. The van der Waals surface area contributed by atoms with Crippen LogP contribution >= 0.6 is 0 Å². The van der Waals surface area contributed by atoms with Crippen molar-refractivity contribution in [2.24, 2.45) is 0 Å². The molecule has 0 radical (unpaired) electrons. The quantitative estimate of drug-likeness (QED) is 0.845. The monoisotopic (exact) mass is 277 g/mol. The van der Waals surface area contributed by atoms with E-state index in [1.165, 1.54) is 25.9 Å². The van der Waals surface area contributed by atoms with Crippen molar-refractivity contribution in [3.05, 3.63) is 11.4 Å². The van der Waals surface area contributed by atoms with Crippen molar-refractivity contribution in [1.29, 1.82) is 0 Å². The summed E-state index contributed by atoms with van der Waals surface area (Å²) < 4.78 is 0. The molecule has 0 spiro atoms. The highest BCUT2D eigenvalue weighted by Gasteiger charge is 2.30. The Morgan fingerprint density at radius 3 is 2.45 bits per heavy atom. The number of nitrogen functional groups attached to an aromatic ring is 1. The number of carbonyl (C=O) groups is 1. The number of aromatic amines is 1. The summed E-state index contributed by atoms with van der Waals surface area (Å²) in [4.78, 5) is 16.9. The standard InChI is InChI=1S/C14H23N5O/c1-10-12(15)13(17-16-10)14(20)19-8-4-11(5-9-19)18-6-2-3-7-18/h11H,2-9,15H2,1H3,(H,16,17). The summed E-state index contributed by atoms with van der Waals surface area (Å²) in [5.41, 5.74) is 7.51. The van der Waals surface area contributed by atoms with Gasteiger partial charge in [0.15, 0.2) is 5.69 Å². The normalized spacial score (nSPS) is 21.6. The van der Waals surface area contributed by atoms with Crippen molar-refractivity contribution in [2.75, 3.05) is 31.9 Å². The van der Waals surface area contributed by atoms with Crippen molar-refractivity contribution in [3.63, 3.8) is 0 Å². The van der Waals surface area contributed by atoms with Crippen molar-refractivity contribution < 1.29 is 4.79 Å². The molecule has 3 N–H and O–H groups in total. The zero-order valence-corrected chi connectivity index (χ0v) is 12.1. The van der Waals surface area contributed by atoms with Gasteiger partial charge in [-0.15, -0.1) is 0 Å². The van der Waals surface area contributed by atoms with Gasteiger partial charge in [-0.2, -0.15) is 5.10 Å². The van der Waals surface area contributed by atoms with Gasteiger partial charge >= 0.3 is 0 Å². The SMILES string of the molecule is Cc1[nH]nc(C(=O)N2CCC(N3CCCC3)CC2)c1N. The second-order valence-electron chi connectivity index (χ2n) is 5.88. The first kappa shape index (κ1) is 13.4. The summed E-state index contributed by atoms with van der Waals surface area (Å²) in [6.45, 7) is 5.91. The predicted octanol–water partition coefficient (Wildman–Crippen LogP) is 1.00. The first-order valence-electron chi connectivity index (χ1n) is 7.50. The van der Waals surface area contributed by atoms with E-state index in [9.17, 15) is 4.79 Å². The van der Waals surface area contributed by atoms with E-state index in [4.69, 9.17) is 5.73 Å². The van der Waals surface area contributed by atoms with Gasteiger partial charge in [0.2, 0.25) is 0 Å². The maximum absolute atomic E-state index is 12.4. The van der Waals surface area contributed by atoms with E-state index < -0.39 is 0 Å². The molecule has 2 fully saturated rings. The molecule has 0 aromatic carbocycles. The Balaban J connectivity index is 1.60. The molecule has 1 amide bonds. The van der Waals surface area contributed by atoms with E-state index in [2.05, 4.69) is 15.1 Å². The fourth-order valence-electron chi connectivity index (χ4n) is 3.29. The Bertz CT molecular complexity index is 484. The molecule has 0 saturated carbocycles. The maximum atomic E-state index is 12.4. The lowest BCUT2D eigenvalue weighted by atomic mass is 10.0. The lowest BCUT2D eigenvalue weighted by molar-refractivity contribution is 0.0640. The van der Waals surface area contributed by atoms with Gasteiger partial charge in [0.25, 0.3) is 5.91 Å². The molecule has 2 aliphatic heterocycles. The van der Waals surface area contributed by atoms with Gasteiger partial charge in [-0.05, 0) is 45.7 Å². The van der Waals surface area contributed by atoms with E-state index in [0.29, 0.717) is 17.4 Å². The molecule has 20 heavy (non-hydrogen) atoms. The Morgan fingerprint density at radius 1 is 1.25 bits per heavy atom. The first-order chi connectivity index (χ1) is 9.66. The Kier molecular flexibility index (Phi) is 3.65. The van der Waals surface area contributed by atoms with Gasteiger partial charge in [-0.3, -0.25) is 9.89 Å². The molecule has 3 heterocycles. The molecule has 0 aliphatic carbocycles. The molecule has 6 heteroatoms. The van der Waals surface area contributed by atoms with Crippen LogP contribution in [0.4, 0.5) is 5.69 Å². The highest BCUT2D eigenvalue weighted by molar-refractivity contribution is 5.97. The second-order valence-corrected chi connectivity index (χ2v) is 5.88. The van der Waals surface area contributed by atoms with E-state index in [1.54, 1.807) is 0 Å². The Hall–Kier alpha value is -1.56. The number of carbonyl (C=O) groups excluding carboxylic acids is 1. The summed E-state index contributed by atoms with van der Waals surface area (Å²) in [7, 11) is 0. The van der Waals surface area contributed by atoms with Gasteiger partial charge in [0, 0.05) is 19.1 Å². The van der Waals surface area contributed by atoms with E-state index in [-0.39, 0.29) is 5.91 Å². The van der Waals surface area contributed by atoms with Crippen LogP contribution < -0.4 is 5.73 Å². The van der Waals surface area contributed by atoms with Gasteiger partial charge in [0.05, 0.1) is 11.4 Å². The van der Waals surface area contributed by atoms with Crippen LogP contribution in [-0.2, 0) is 0 Å². The Morgan fingerprint density at radius 2 is 1.90 bits per heavy atom. The lowest BCUT2D eigenvalue weighted by Gasteiger charge is -2.36. The number of aromatic nitrogens is 2. The number of aryl methyl sites for hydroxylation is 1. The zero-order valence-electron chi connectivity index (χ0n) is 12.1. The summed E-state index contributed by atoms with van der Waals surface area (Å²) in [6.07, 6.45) is 4.77. The molecular weight excluding hydrogens is 254 g/mol. The summed E-state index contributed by atoms with van der Waals surface area (Å²) in [5, 5.41) is 6.81. The molecule has 110 valence electrons. The number of anilines is 1. The van der Waals surface area contributed by atoms with E-state index in [1.807, 2.05) is 11.8 Å². The van der Waals surface area contributed by atoms with Gasteiger partial charge in [-0.1, -0.05) is 0 Å². The minimum atomic E-state index is -0.0354. The minimum absolute atomic E-state index is 0.0354. The van der Waals surface area contributed by atoms with Crippen molar-refractivity contribution in [1.82, 2.24) is 20.0 Å². The number of hydrogen-bond donors (Lipinski definition) is 2. The van der Waals surface area contributed by atoms with Crippen LogP contribution in [0.25, 0.3) is 0 Å². The number of nitrogens with two attached hydrogens (primary N) is 1. The highest BCUT2D eigenvalue weighted by atomic mass is 16.2. The highest BCUT2D eigenvalue weighted by Crippen LogP contribution is 2.23. The third-order valence-electron chi connectivity index (χ3n) is 4.61. The second kappa shape index (κ2) is 5.44. The minimum Gasteiger partial charge on any atom is -0.395 e. The largest absolute Gasteiger partial charge is 0.395 e. The fraction of sp³-hybridized carbons (Fsp3) is 0.714. The van der Waals surface area contributed by atoms with Crippen molar-refractivity contribution in [2.45, 2.75) is 38.6 Å². The van der Waals surface area contributed by atoms with Gasteiger partial charge in [0.1, 0.15) is 0 Å². The topological polar surface area (TPSA) is 78.2 Å². The van der Waals surface area contributed by atoms with E-state index >= 15 is 0 Å². The third-order valence-corrected chi connectivity index (χ3v) is 4.61. The number of piperidine rings is 1. The molecule has 2 aliphatic rings.